The molecule has 3 aromatic carbocycles. The normalized spacial score (nSPS) is 10.8. The molecule has 1 N–H and O–H groups in total. The average molecular weight is 404 g/mol. The SMILES string of the molecule is O=C(NCCOc1ccc2ccccc2c1)c1occc1CSc1ccccc1. The molecule has 0 saturated heterocycles. The van der Waals surface area contributed by atoms with Crippen LogP contribution in [0.2, 0.25) is 0 Å². The van der Waals surface area contributed by atoms with E-state index in [-0.39, 0.29) is 5.91 Å². The fourth-order valence-corrected chi connectivity index (χ4v) is 3.90. The number of furan rings is 1. The van der Waals surface area contributed by atoms with Crippen LogP contribution in [0.5, 0.6) is 5.75 Å². The number of carbonyl (C=O) groups is 1. The first-order valence-electron chi connectivity index (χ1n) is 9.43. The van der Waals surface area contributed by atoms with Crippen molar-refractivity contribution < 1.29 is 13.9 Å². The van der Waals surface area contributed by atoms with Gasteiger partial charge < -0.3 is 14.5 Å². The van der Waals surface area contributed by atoms with Crippen molar-refractivity contribution in [1.82, 2.24) is 5.32 Å². The van der Waals surface area contributed by atoms with Crippen LogP contribution < -0.4 is 10.1 Å². The third-order valence-electron chi connectivity index (χ3n) is 4.47. The molecule has 0 aliphatic carbocycles. The van der Waals surface area contributed by atoms with Gasteiger partial charge in [0.05, 0.1) is 12.8 Å². The molecule has 1 heterocycles. The molecule has 146 valence electrons. The van der Waals surface area contributed by atoms with E-state index in [0.717, 1.165) is 21.6 Å². The first-order valence-corrected chi connectivity index (χ1v) is 10.4. The molecule has 0 fully saturated rings. The monoisotopic (exact) mass is 403 g/mol. The Balaban J connectivity index is 1.27. The standard InChI is InChI=1S/C24H21NO3S/c26-24(23-20(12-14-28-23)17-29-22-8-2-1-3-9-22)25-13-15-27-21-11-10-18-6-4-5-7-19(18)16-21/h1-12,14,16H,13,15,17H2,(H,25,26). The maximum Gasteiger partial charge on any atom is 0.287 e. The molecule has 0 saturated carbocycles. The third-order valence-corrected chi connectivity index (χ3v) is 5.53. The second kappa shape index (κ2) is 9.34. The molecule has 0 spiro atoms. The van der Waals surface area contributed by atoms with E-state index in [1.54, 1.807) is 18.0 Å². The molecule has 1 aromatic heterocycles. The molecular weight excluding hydrogens is 382 g/mol. The maximum atomic E-state index is 12.5. The lowest BCUT2D eigenvalue weighted by molar-refractivity contribution is 0.0918. The molecule has 1 amide bonds. The van der Waals surface area contributed by atoms with Gasteiger partial charge in [0.1, 0.15) is 12.4 Å². The van der Waals surface area contributed by atoms with Crippen LogP contribution in [0, 0.1) is 0 Å². The fourth-order valence-electron chi connectivity index (χ4n) is 3.00. The number of carbonyl (C=O) groups excluding carboxylic acids is 1. The van der Waals surface area contributed by atoms with Crippen LogP contribution in [-0.2, 0) is 5.75 Å². The molecule has 0 aliphatic rings. The average Bonchev–Trinajstić information content (AvgIpc) is 3.24. The minimum Gasteiger partial charge on any atom is -0.492 e. The molecule has 4 rings (SSSR count). The fraction of sp³-hybridized carbons (Fsp3) is 0.125. The van der Waals surface area contributed by atoms with Crippen molar-refractivity contribution in [3.05, 3.63) is 96.4 Å². The maximum absolute atomic E-state index is 12.5. The zero-order chi connectivity index (χ0) is 19.9. The van der Waals surface area contributed by atoms with Gasteiger partial charge in [0, 0.05) is 16.2 Å². The second-order valence-electron chi connectivity index (χ2n) is 6.49. The summed E-state index contributed by atoms with van der Waals surface area (Å²) in [7, 11) is 0. The molecule has 0 atom stereocenters. The summed E-state index contributed by atoms with van der Waals surface area (Å²) in [5, 5.41) is 5.17. The van der Waals surface area contributed by atoms with Crippen molar-refractivity contribution in [2.24, 2.45) is 0 Å². The molecule has 0 aliphatic heterocycles. The summed E-state index contributed by atoms with van der Waals surface area (Å²) in [6, 6.07) is 26.0. The Kier molecular flexibility index (Phi) is 6.17. The number of thioether (sulfide) groups is 1. The smallest absolute Gasteiger partial charge is 0.287 e. The van der Waals surface area contributed by atoms with Crippen LogP contribution in [-0.4, -0.2) is 19.1 Å². The van der Waals surface area contributed by atoms with E-state index < -0.39 is 0 Å². The number of amides is 1. The van der Waals surface area contributed by atoms with Crippen molar-refractivity contribution in [2.75, 3.05) is 13.2 Å². The highest BCUT2D eigenvalue weighted by atomic mass is 32.2. The van der Waals surface area contributed by atoms with E-state index in [4.69, 9.17) is 9.15 Å². The molecular formula is C24H21NO3S. The predicted octanol–water partition coefficient (Wildman–Crippen LogP) is 5.53. The first kappa shape index (κ1) is 19.2. The zero-order valence-corrected chi connectivity index (χ0v) is 16.7. The lowest BCUT2D eigenvalue weighted by Gasteiger charge is -2.09. The molecule has 29 heavy (non-hydrogen) atoms. The number of benzene rings is 3. The van der Waals surface area contributed by atoms with Crippen molar-refractivity contribution in [3.8, 4) is 5.75 Å². The predicted molar refractivity (Wildman–Crippen MR) is 116 cm³/mol. The molecule has 0 radical (unpaired) electrons. The summed E-state index contributed by atoms with van der Waals surface area (Å²) in [6.07, 6.45) is 1.56. The molecule has 0 unspecified atom stereocenters. The van der Waals surface area contributed by atoms with Gasteiger partial charge in [-0.05, 0) is 41.1 Å². The Morgan fingerprint density at radius 2 is 1.72 bits per heavy atom. The molecule has 4 nitrogen and oxygen atoms in total. The van der Waals surface area contributed by atoms with Crippen LogP contribution >= 0.6 is 11.8 Å². The Labute approximate surface area is 173 Å². The van der Waals surface area contributed by atoms with Crippen molar-refractivity contribution >= 4 is 28.4 Å². The van der Waals surface area contributed by atoms with Gasteiger partial charge in [-0.25, -0.2) is 0 Å². The summed E-state index contributed by atoms with van der Waals surface area (Å²) >= 11 is 1.67. The van der Waals surface area contributed by atoms with E-state index in [1.807, 2.05) is 54.6 Å². The summed E-state index contributed by atoms with van der Waals surface area (Å²) in [6.45, 7) is 0.788. The summed E-state index contributed by atoms with van der Waals surface area (Å²) in [4.78, 5) is 13.6. The van der Waals surface area contributed by atoms with Crippen molar-refractivity contribution in [1.29, 1.82) is 0 Å². The number of fused-ring (bicyclic) bond motifs is 1. The summed E-state index contributed by atoms with van der Waals surface area (Å²) in [5.74, 6) is 1.60. The second-order valence-corrected chi connectivity index (χ2v) is 7.54. The minimum absolute atomic E-state index is 0.222. The highest BCUT2D eigenvalue weighted by Gasteiger charge is 2.15. The topological polar surface area (TPSA) is 51.5 Å². The van der Waals surface area contributed by atoms with E-state index in [9.17, 15) is 4.79 Å². The number of hydrogen-bond acceptors (Lipinski definition) is 4. The lowest BCUT2D eigenvalue weighted by Crippen LogP contribution is -2.28. The van der Waals surface area contributed by atoms with Crippen molar-refractivity contribution in [3.63, 3.8) is 0 Å². The van der Waals surface area contributed by atoms with Crippen LogP contribution in [0.3, 0.4) is 0 Å². The highest BCUT2D eigenvalue weighted by Crippen LogP contribution is 2.25. The molecule has 0 bridgehead atoms. The number of nitrogens with one attached hydrogen (secondary N) is 1. The number of rotatable bonds is 8. The Bertz CT molecular complexity index is 1090. The van der Waals surface area contributed by atoms with Gasteiger partial charge in [0.25, 0.3) is 5.91 Å². The molecule has 4 aromatic rings. The lowest BCUT2D eigenvalue weighted by atomic mass is 10.1. The van der Waals surface area contributed by atoms with E-state index >= 15 is 0 Å². The van der Waals surface area contributed by atoms with Crippen LogP contribution in [0.1, 0.15) is 16.1 Å². The number of ether oxygens (including phenoxy) is 1. The van der Waals surface area contributed by atoms with Crippen LogP contribution in [0.25, 0.3) is 10.8 Å². The van der Waals surface area contributed by atoms with E-state index in [2.05, 4.69) is 29.6 Å². The van der Waals surface area contributed by atoms with Gasteiger partial charge in [-0.15, -0.1) is 11.8 Å². The minimum atomic E-state index is -0.222. The van der Waals surface area contributed by atoms with Gasteiger partial charge in [0.2, 0.25) is 0 Å². The zero-order valence-electron chi connectivity index (χ0n) is 15.8. The summed E-state index contributed by atoms with van der Waals surface area (Å²) in [5.41, 5.74) is 0.881. The van der Waals surface area contributed by atoms with Crippen LogP contribution in [0.4, 0.5) is 0 Å². The van der Waals surface area contributed by atoms with Gasteiger partial charge in [-0.2, -0.15) is 0 Å². The Morgan fingerprint density at radius 3 is 2.59 bits per heavy atom. The Morgan fingerprint density at radius 1 is 0.931 bits per heavy atom. The highest BCUT2D eigenvalue weighted by molar-refractivity contribution is 7.98. The van der Waals surface area contributed by atoms with Crippen molar-refractivity contribution in [2.45, 2.75) is 10.6 Å². The Hall–Kier alpha value is -3.18. The first-order chi connectivity index (χ1) is 14.3. The third kappa shape index (κ3) is 5.00. The van der Waals surface area contributed by atoms with Gasteiger partial charge in [-0.3, -0.25) is 4.79 Å². The summed E-state index contributed by atoms with van der Waals surface area (Å²) < 4.78 is 11.2. The quantitative estimate of drug-likeness (QED) is 0.310. The number of hydrogen-bond donors (Lipinski definition) is 1. The van der Waals surface area contributed by atoms with Gasteiger partial charge in [-0.1, -0.05) is 48.5 Å². The van der Waals surface area contributed by atoms with E-state index in [1.165, 1.54) is 5.39 Å². The van der Waals surface area contributed by atoms with E-state index in [0.29, 0.717) is 24.7 Å². The molecule has 5 heteroatoms. The van der Waals surface area contributed by atoms with Gasteiger partial charge >= 0.3 is 0 Å². The van der Waals surface area contributed by atoms with Crippen LogP contribution in [0.15, 0.2) is 94.4 Å². The van der Waals surface area contributed by atoms with Gasteiger partial charge in [0.15, 0.2) is 5.76 Å². The largest absolute Gasteiger partial charge is 0.492 e.